The molecule has 4 N–H and O–H groups in total. The lowest BCUT2D eigenvalue weighted by atomic mass is 10.0. The third kappa shape index (κ3) is 6.90. The minimum absolute atomic E-state index is 0.0766. The molecule has 1 unspecified atom stereocenters. The molecule has 0 radical (unpaired) electrons. The lowest BCUT2D eigenvalue weighted by Crippen LogP contribution is -2.51. The molecule has 1 atom stereocenters. The molecule has 0 saturated carbocycles. The molecule has 2 amide bonds. The summed E-state index contributed by atoms with van der Waals surface area (Å²) in [5.41, 5.74) is 2.68. The zero-order valence-electron chi connectivity index (χ0n) is 18.0. The summed E-state index contributed by atoms with van der Waals surface area (Å²) in [4.78, 5) is 35.9. The number of carbonyl (C=O) groups is 3. The van der Waals surface area contributed by atoms with E-state index in [1.807, 2.05) is 18.2 Å². The third-order valence-corrected chi connectivity index (χ3v) is 5.25. The number of H-pyrrole nitrogens is 1. The normalized spacial score (nSPS) is 15.8. The average Bonchev–Trinajstić information content (AvgIpc) is 3.30. The van der Waals surface area contributed by atoms with Crippen molar-refractivity contribution in [3.8, 4) is 0 Å². The number of halogens is 4. The lowest BCUT2D eigenvalue weighted by molar-refractivity contribution is -0.192. The van der Waals surface area contributed by atoms with Crippen molar-refractivity contribution in [2.75, 3.05) is 26.2 Å². The number of nitrogens with zero attached hydrogens (tertiary/aromatic N) is 3. The molecule has 2 aromatic carbocycles. The molecule has 1 aliphatic rings. The molecule has 0 aliphatic carbocycles. The van der Waals surface area contributed by atoms with Gasteiger partial charge in [0, 0.05) is 30.2 Å². The Hall–Kier alpha value is -3.71. The van der Waals surface area contributed by atoms with Gasteiger partial charge in [-0.25, -0.2) is 4.79 Å². The summed E-state index contributed by atoms with van der Waals surface area (Å²) in [5.74, 6) is -3.22. The fraction of sp³-hybridized carbons (Fsp3) is 0.286. The quantitative estimate of drug-likeness (QED) is 0.420. The molecule has 1 fully saturated rings. The first-order valence-electron chi connectivity index (χ1n) is 10.2. The lowest BCUT2D eigenvalue weighted by Gasteiger charge is -2.36. The van der Waals surface area contributed by atoms with E-state index in [0.29, 0.717) is 41.3 Å². The Balaban J connectivity index is 0.000000429. The van der Waals surface area contributed by atoms with Gasteiger partial charge in [-0.3, -0.25) is 9.59 Å². The van der Waals surface area contributed by atoms with E-state index in [0.717, 1.165) is 5.56 Å². The highest BCUT2D eigenvalue weighted by molar-refractivity contribution is 6.30. The van der Waals surface area contributed by atoms with E-state index in [1.54, 1.807) is 29.2 Å². The summed E-state index contributed by atoms with van der Waals surface area (Å²) in [6.07, 6.45) is -5.08. The number of carboxylic acids is 1. The first kappa shape index (κ1) is 25.9. The van der Waals surface area contributed by atoms with Crippen LogP contribution in [-0.4, -0.2) is 75.6 Å². The van der Waals surface area contributed by atoms with Crippen molar-refractivity contribution >= 4 is 40.4 Å². The predicted octanol–water partition coefficient (Wildman–Crippen LogP) is 2.15. The zero-order valence-corrected chi connectivity index (χ0v) is 18.7. The molecule has 186 valence electrons. The van der Waals surface area contributed by atoms with E-state index in [9.17, 15) is 22.8 Å². The van der Waals surface area contributed by atoms with Crippen LogP contribution in [0.3, 0.4) is 0 Å². The molecule has 1 aliphatic heterocycles. The number of nitrogens with one attached hydrogen (secondary N) is 3. The van der Waals surface area contributed by atoms with Gasteiger partial charge in [-0.15, -0.1) is 0 Å². The Morgan fingerprint density at radius 2 is 1.86 bits per heavy atom. The second-order valence-electron chi connectivity index (χ2n) is 7.37. The van der Waals surface area contributed by atoms with Crippen molar-refractivity contribution in [3.05, 3.63) is 58.6 Å². The van der Waals surface area contributed by atoms with Crippen molar-refractivity contribution in [1.82, 2.24) is 30.9 Å². The van der Waals surface area contributed by atoms with Crippen molar-refractivity contribution in [3.63, 3.8) is 0 Å². The summed E-state index contributed by atoms with van der Waals surface area (Å²) in [6, 6.07) is 12.4. The molecular formula is C21H20ClF3N6O4. The maximum absolute atomic E-state index is 12.8. The number of alkyl halides is 3. The van der Waals surface area contributed by atoms with Gasteiger partial charge in [0.15, 0.2) is 0 Å². The highest BCUT2D eigenvalue weighted by Gasteiger charge is 2.38. The third-order valence-electron chi connectivity index (χ3n) is 5.02. The van der Waals surface area contributed by atoms with E-state index < -0.39 is 12.1 Å². The van der Waals surface area contributed by atoms with E-state index in [-0.39, 0.29) is 24.4 Å². The number of carbonyl (C=O) groups excluding carboxylic acids is 2. The fourth-order valence-corrected chi connectivity index (χ4v) is 3.55. The van der Waals surface area contributed by atoms with Crippen LogP contribution in [0.2, 0.25) is 5.02 Å². The van der Waals surface area contributed by atoms with Gasteiger partial charge in [-0.05, 0) is 35.9 Å². The van der Waals surface area contributed by atoms with E-state index in [1.165, 1.54) is 0 Å². The second-order valence-corrected chi connectivity index (χ2v) is 7.81. The van der Waals surface area contributed by atoms with Crippen LogP contribution in [-0.2, 0) is 9.59 Å². The average molecular weight is 513 g/mol. The Labute approximate surface area is 201 Å². The number of aromatic nitrogens is 3. The SMILES string of the molecule is O=C(NCC(=O)N1CCNCC1c1cccc(Cl)c1)c1ccc2n[nH]nc2c1.O=C(O)C(F)(F)F. The van der Waals surface area contributed by atoms with Crippen LogP contribution in [0.1, 0.15) is 22.0 Å². The van der Waals surface area contributed by atoms with Crippen LogP contribution in [0, 0.1) is 0 Å². The molecule has 10 nitrogen and oxygen atoms in total. The first-order chi connectivity index (χ1) is 16.6. The predicted molar refractivity (Wildman–Crippen MR) is 119 cm³/mol. The smallest absolute Gasteiger partial charge is 0.475 e. The van der Waals surface area contributed by atoms with Gasteiger partial charge in [0.1, 0.15) is 11.0 Å². The molecule has 3 aromatic rings. The number of benzene rings is 2. The van der Waals surface area contributed by atoms with Gasteiger partial charge in [0.05, 0.1) is 12.6 Å². The summed E-state index contributed by atoms with van der Waals surface area (Å²) < 4.78 is 31.7. The number of carboxylic acid groups (broad SMARTS) is 1. The van der Waals surface area contributed by atoms with Crippen molar-refractivity contribution in [1.29, 1.82) is 0 Å². The second kappa shape index (κ2) is 11.1. The molecule has 1 saturated heterocycles. The summed E-state index contributed by atoms with van der Waals surface area (Å²) in [6.45, 7) is 1.84. The number of fused-ring (bicyclic) bond motifs is 1. The summed E-state index contributed by atoms with van der Waals surface area (Å²) in [7, 11) is 0. The van der Waals surface area contributed by atoms with E-state index >= 15 is 0 Å². The van der Waals surface area contributed by atoms with Crippen LogP contribution >= 0.6 is 11.6 Å². The Bertz CT molecular complexity index is 1220. The Morgan fingerprint density at radius 3 is 2.54 bits per heavy atom. The topological polar surface area (TPSA) is 140 Å². The van der Waals surface area contributed by atoms with Crippen molar-refractivity contribution in [2.45, 2.75) is 12.2 Å². The van der Waals surface area contributed by atoms with E-state index in [4.69, 9.17) is 21.5 Å². The first-order valence-corrected chi connectivity index (χ1v) is 10.6. The van der Waals surface area contributed by atoms with Gasteiger partial charge in [0.25, 0.3) is 5.91 Å². The summed E-state index contributed by atoms with van der Waals surface area (Å²) in [5, 5.41) is 24.2. The summed E-state index contributed by atoms with van der Waals surface area (Å²) >= 11 is 6.10. The zero-order chi connectivity index (χ0) is 25.6. The number of rotatable bonds is 4. The molecule has 0 spiro atoms. The van der Waals surface area contributed by atoms with Crippen LogP contribution in [0.15, 0.2) is 42.5 Å². The maximum atomic E-state index is 12.8. The Morgan fingerprint density at radius 1 is 1.14 bits per heavy atom. The van der Waals surface area contributed by atoms with Crippen molar-refractivity contribution in [2.24, 2.45) is 0 Å². The highest BCUT2D eigenvalue weighted by Crippen LogP contribution is 2.24. The molecule has 1 aromatic heterocycles. The van der Waals surface area contributed by atoms with Gasteiger partial charge < -0.3 is 20.6 Å². The van der Waals surface area contributed by atoms with Crippen LogP contribution in [0.5, 0.6) is 0 Å². The Kier molecular flexibility index (Phi) is 8.25. The monoisotopic (exact) mass is 512 g/mol. The maximum Gasteiger partial charge on any atom is 0.490 e. The molecule has 0 bridgehead atoms. The molecule has 4 rings (SSSR count). The van der Waals surface area contributed by atoms with E-state index in [2.05, 4.69) is 26.0 Å². The standard InChI is InChI=1S/C19H19ClN6O2.C2HF3O2/c20-14-3-1-2-12(8-14)17-10-21-6-7-26(17)18(27)11-22-19(28)13-4-5-15-16(9-13)24-25-23-15;3-2(4,5)1(6)7/h1-5,8-9,17,21H,6-7,10-11H2,(H,22,28)(H,23,24,25);(H,6,7). The molecule has 35 heavy (non-hydrogen) atoms. The molecule has 14 heteroatoms. The molecular weight excluding hydrogens is 493 g/mol. The number of piperazine rings is 1. The number of hydrogen-bond donors (Lipinski definition) is 4. The number of aromatic amines is 1. The minimum Gasteiger partial charge on any atom is -0.475 e. The number of hydrogen-bond acceptors (Lipinski definition) is 6. The van der Waals surface area contributed by atoms with Crippen LogP contribution < -0.4 is 10.6 Å². The number of aliphatic carboxylic acids is 1. The fourth-order valence-electron chi connectivity index (χ4n) is 3.36. The molecule has 2 heterocycles. The largest absolute Gasteiger partial charge is 0.490 e. The minimum atomic E-state index is -5.08. The van der Waals surface area contributed by atoms with Crippen molar-refractivity contribution < 1.29 is 32.7 Å². The van der Waals surface area contributed by atoms with Gasteiger partial charge >= 0.3 is 12.1 Å². The van der Waals surface area contributed by atoms with Gasteiger partial charge in [0.2, 0.25) is 5.91 Å². The number of amides is 2. The van der Waals surface area contributed by atoms with Gasteiger partial charge in [-0.2, -0.15) is 28.6 Å². The van der Waals surface area contributed by atoms with Crippen LogP contribution in [0.25, 0.3) is 11.0 Å². The highest BCUT2D eigenvalue weighted by atomic mass is 35.5. The van der Waals surface area contributed by atoms with Gasteiger partial charge in [-0.1, -0.05) is 23.7 Å². The van der Waals surface area contributed by atoms with Crippen LogP contribution in [0.4, 0.5) is 13.2 Å².